The first kappa shape index (κ1) is 12.4. The Labute approximate surface area is 101 Å². The van der Waals surface area contributed by atoms with Crippen LogP contribution in [0.1, 0.15) is 25.7 Å². The van der Waals surface area contributed by atoms with Crippen molar-refractivity contribution in [3.05, 3.63) is 0 Å². The van der Waals surface area contributed by atoms with E-state index in [-0.39, 0.29) is 17.7 Å². The van der Waals surface area contributed by atoms with E-state index in [1.54, 1.807) is 0 Å². The summed E-state index contributed by atoms with van der Waals surface area (Å²) >= 11 is 0. The summed E-state index contributed by atoms with van der Waals surface area (Å²) < 4.78 is 5.23. The number of carboxylic acids is 1. The number of ether oxygens (including phenoxy) is 1. The first-order chi connectivity index (χ1) is 8.16. The highest BCUT2D eigenvalue weighted by atomic mass is 16.5. The van der Waals surface area contributed by atoms with E-state index in [4.69, 9.17) is 9.84 Å². The summed E-state index contributed by atoms with van der Waals surface area (Å²) in [6.45, 7) is 2.17. The van der Waals surface area contributed by atoms with Gasteiger partial charge in [-0.1, -0.05) is 0 Å². The molecule has 0 spiro atoms. The Morgan fingerprint density at radius 2 is 2.00 bits per heavy atom. The quantitative estimate of drug-likeness (QED) is 0.757. The van der Waals surface area contributed by atoms with Gasteiger partial charge >= 0.3 is 5.97 Å². The van der Waals surface area contributed by atoms with Crippen molar-refractivity contribution < 1.29 is 19.4 Å². The van der Waals surface area contributed by atoms with Crippen LogP contribution in [0.2, 0.25) is 0 Å². The van der Waals surface area contributed by atoms with Gasteiger partial charge in [0.25, 0.3) is 0 Å². The summed E-state index contributed by atoms with van der Waals surface area (Å²) in [7, 11) is 0. The van der Waals surface area contributed by atoms with Gasteiger partial charge in [0.05, 0.1) is 12.5 Å². The Balaban J connectivity index is 1.71. The fraction of sp³-hybridized carbons (Fsp3) is 0.833. The molecule has 1 aliphatic heterocycles. The lowest BCUT2D eigenvalue weighted by molar-refractivity contribution is -0.141. The number of nitrogens with one attached hydrogen (secondary N) is 1. The van der Waals surface area contributed by atoms with Crippen LogP contribution in [0.15, 0.2) is 0 Å². The molecule has 0 bridgehead atoms. The zero-order chi connectivity index (χ0) is 12.3. The molecule has 0 aromatic rings. The van der Waals surface area contributed by atoms with Crippen molar-refractivity contribution in [2.75, 3.05) is 19.8 Å². The zero-order valence-electron chi connectivity index (χ0n) is 9.85. The predicted molar refractivity (Wildman–Crippen MR) is 60.4 cm³/mol. The van der Waals surface area contributed by atoms with Crippen LogP contribution in [0.3, 0.4) is 0 Å². The van der Waals surface area contributed by atoms with E-state index in [0.717, 1.165) is 19.6 Å². The maximum atomic E-state index is 11.8. The Morgan fingerprint density at radius 1 is 1.24 bits per heavy atom. The molecular weight excluding hydrogens is 222 g/mol. The van der Waals surface area contributed by atoms with Crippen LogP contribution in [0, 0.1) is 17.8 Å². The molecule has 5 heteroatoms. The van der Waals surface area contributed by atoms with Crippen LogP contribution in [0.4, 0.5) is 0 Å². The fourth-order valence-electron chi connectivity index (χ4n) is 2.58. The average molecular weight is 241 g/mol. The van der Waals surface area contributed by atoms with Crippen molar-refractivity contribution >= 4 is 11.9 Å². The van der Waals surface area contributed by atoms with Crippen LogP contribution in [0.25, 0.3) is 0 Å². The van der Waals surface area contributed by atoms with Crippen molar-refractivity contribution in [3.63, 3.8) is 0 Å². The number of hydrogen-bond donors (Lipinski definition) is 2. The SMILES string of the molecule is O=C(O)[C@H]1CC[C@@H](C(=O)NCC2CCOC2)C1. The molecule has 2 rings (SSSR count). The van der Waals surface area contributed by atoms with Gasteiger partial charge in [-0.3, -0.25) is 9.59 Å². The van der Waals surface area contributed by atoms with Gasteiger partial charge in [-0.25, -0.2) is 0 Å². The first-order valence-corrected chi connectivity index (χ1v) is 6.25. The second-order valence-corrected chi connectivity index (χ2v) is 5.02. The lowest BCUT2D eigenvalue weighted by atomic mass is 10.0. The van der Waals surface area contributed by atoms with Crippen LogP contribution in [0.5, 0.6) is 0 Å². The van der Waals surface area contributed by atoms with Gasteiger partial charge in [-0.05, 0) is 25.7 Å². The summed E-state index contributed by atoms with van der Waals surface area (Å²) in [6.07, 6.45) is 2.81. The highest BCUT2D eigenvalue weighted by molar-refractivity contribution is 5.80. The van der Waals surface area contributed by atoms with Gasteiger partial charge in [0, 0.05) is 25.0 Å². The van der Waals surface area contributed by atoms with E-state index in [0.29, 0.717) is 31.7 Å². The predicted octanol–water partition coefficient (Wildman–Crippen LogP) is 0.640. The largest absolute Gasteiger partial charge is 0.481 e. The molecule has 1 saturated carbocycles. The topological polar surface area (TPSA) is 75.6 Å². The van der Waals surface area contributed by atoms with E-state index in [2.05, 4.69) is 5.32 Å². The van der Waals surface area contributed by atoms with E-state index >= 15 is 0 Å². The van der Waals surface area contributed by atoms with E-state index in [1.165, 1.54) is 0 Å². The van der Waals surface area contributed by atoms with Gasteiger partial charge in [0.2, 0.25) is 5.91 Å². The molecule has 2 fully saturated rings. The third-order valence-corrected chi connectivity index (χ3v) is 3.74. The van der Waals surface area contributed by atoms with Crippen molar-refractivity contribution in [1.29, 1.82) is 0 Å². The maximum absolute atomic E-state index is 11.8. The molecule has 0 aromatic heterocycles. The minimum Gasteiger partial charge on any atom is -0.481 e. The van der Waals surface area contributed by atoms with Crippen molar-refractivity contribution in [1.82, 2.24) is 5.32 Å². The Morgan fingerprint density at radius 3 is 2.59 bits per heavy atom. The van der Waals surface area contributed by atoms with Crippen LogP contribution >= 0.6 is 0 Å². The Bertz CT molecular complexity index is 299. The van der Waals surface area contributed by atoms with Crippen molar-refractivity contribution in [3.8, 4) is 0 Å². The standard InChI is InChI=1S/C12H19NO4/c14-11(13-6-8-3-4-17-7-8)9-1-2-10(5-9)12(15)16/h8-10H,1-7H2,(H,13,14)(H,15,16)/t8?,9-,10+/m1/s1. The molecule has 0 aromatic carbocycles. The van der Waals surface area contributed by atoms with Gasteiger partial charge in [0.1, 0.15) is 0 Å². The molecule has 2 aliphatic rings. The smallest absolute Gasteiger partial charge is 0.306 e. The second kappa shape index (κ2) is 5.49. The molecule has 3 atom stereocenters. The fourth-order valence-corrected chi connectivity index (χ4v) is 2.58. The molecule has 1 unspecified atom stereocenters. The average Bonchev–Trinajstić information content (AvgIpc) is 2.96. The Hall–Kier alpha value is -1.10. The number of aliphatic carboxylic acids is 1. The molecule has 5 nitrogen and oxygen atoms in total. The first-order valence-electron chi connectivity index (χ1n) is 6.25. The third kappa shape index (κ3) is 3.19. The molecule has 1 saturated heterocycles. The molecule has 2 N–H and O–H groups in total. The van der Waals surface area contributed by atoms with Gasteiger partial charge in [-0.2, -0.15) is 0 Å². The Kier molecular flexibility index (Phi) is 3.99. The van der Waals surface area contributed by atoms with Crippen molar-refractivity contribution in [2.45, 2.75) is 25.7 Å². The minimum atomic E-state index is -0.774. The molecule has 0 radical (unpaired) electrons. The third-order valence-electron chi connectivity index (χ3n) is 3.74. The molecule has 96 valence electrons. The van der Waals surface area contributed by atoms with E-state index < -0.39 is 5.97 Å². The molecule has 1 aliphatic carbocycles. The molecule has 1 amide bonds. The monoisotopic (exact) mass is 241 g/mol. The summed E-state index contributed by atoms with van der Waals surface area (Å²) in [4.78, 5) is 22.6. The van der Waals surface area contributed by atoms with Gasteiger partial charge < -0.3 is 15.2 Å². The number of amides is 1. The number of carbonyl (C=O) groups excluding carboxylic acids is 1. The van der Waals surface area contributed by atoms with Crippen molar-refractivity contribution in [2.24, 2.45) is 17.8 Å². The van der Waals surface area contributed by atoms with Crippen LogP contribution < -0.4 is 5.32 Å². The molecule has 17 heavy (non-hydrogen) atoms. The summed E-state index contributed by atoms with van der Waals surface area (Å²) in [5.74, 6) is -0.778. The van der Waals surface area contributed by atoms with Crippen LogP contribution in [-0.2, 0) is 14.3 Å². The normalized spacial score (nSPS) is 32.6. The lowest BCUT2D eigenvalue weighted by Crippen LogP contribution is -2.34. The molecular formula is C12H19NO4. The second-order valence-electron chi connectivity index (χ2n) is 5.02. The number of carboxylic acid groups (broad SMARTS) is 1. The van der Waals surface area contributed by atoms with Gasteiger partial charge in [-0.15, -0.1) is 0 Å². The zero-order valence-corrected chi connectivity index (χ0v) is 9.85. The van der Waals surface area contributed by atoms with Gasteiger partial charge in [0.15, 0.2) is 0 Å². The van der Waals surface area contributed by atoms with E-state index in [9.17, 15) is 9.59 Å². The number of carbonyl (C=O) groups is 2. The number of rotatable bonds is 4. The lowest BCUT2D eigenvalue weighted by Gasteiger charge is -2.13. The number of hydrogen-bond acceptors (Lipinski definition) is 3. The minimum absolute atomic E-state index is 0.0145. The maximum Gasteiger partial charge on any atom is 0.306 e. The highest BCUT2D eigenvalue weighted by Crippen LogP contribution is 2.31. The summed E-state index contributed by atoms with van der Waals surface area (Å²) in [6, 6.07) is 0. The molecule has 1 heterocycles. The van der Waals surface area contributed by atoms with Crippen LogP contribution in [-0.4, -0.2) is 36.7 Å². The summed E-state index contributed by atoms with van der Waals surface area (Å²) in [5, 5.41) is 11.8. The van der Waals surface area contributed by atoms with E-state index in [1.807, 2.05) is 0 Å². The summed E-state index contributed by atoms with van der Waals surface area (Å²) in [5.41, 5.74) is 0. The highest BCUT2D eigenvalue weighted by Gasteiger charge is 2.33.